The Morgan fingerprint density at radius 1 is 1.03 bits per heavy atom. The highest BCUT2D eigenvalue weighted by Crippen LogP contribution is 2.33. The van der Waals surface area contributed by atoms with Gasteiger partial charge in [0.05, 0.1) is 25.2 Å². The molecule has 1 atom stereocenters. The number of nitrogens with zero attached hydrogens (tertiary/aromatic N) is 1. The molecule has 8 nitrogen and oxygen atoms in total. The topological polar surface area (TPSA) is 98.1 Å². The Balaban J connectivity index is 1.51. The van der Waals surface area contributed by atoms with Gasteiger partial charge in [-0.05, 0) is 80.0 Å². The average molecular weight is 563 g/mol. The molecular formula is C25H27BrN2O6S. The molecule has 1 amide bonds. The van der Waals surface area contributed by atoms with Crippen molar-refractivity contribution in [3.8, 4) is 11.5 Å². The third-order valence-corrected chi connectivity index (χ3v) is 8.19. The molecule has 1 aromatic heterocycles. The Kier molecular flexibility index (Phi) is 7.83. The summed E-state index contributed by atoms with van der Waals surface area (Å²) in [5.74, 6) is 0.713. The van der Waals surface area contributed by atoms with Crippen LogP contribution in [0, 0.1) is 0 Å². The van der Waals surface area contributed by atoms with Gasteiger partial charge in [-0.2, -0.15) is 0 Å². The van der Waals surface area contributed by atoms with Crippen molar-refractivity contribution in [1.29, 1.82) is 0 Å². The molecule has 0 bridgehead atoms. The first kappa shape index (κ1) is 25.3. The maximum atomic E-state index is 12.9. The number of sulfone groups is 1. The number of benzene rings is 2. The second-order valence-corrected chi connectivity index (χ2v) is 11.0. The van der Waals surface area contributed by atoms with Crippen LogP contribution in [-0.2, 0) is 9.84 Å². The van der Waals surface area contributed by atoms with Crippen LogP contribution in [0.15, 0.2) is 73.5 Å². The highest BCUT2D eigenvalue weighted by molar-refractivity contribution is 9.10. The Hall–Kier alpha value is -2.82. The Labute approximate surface area is 213 Å². The fourth-order valence-electron chi connectivity index (χ4n) is 4.16. The van der Waals surface area contributed by atoms with E-state index in [1.165, 1.54) is 24.3 Å². The van der Waals surface area contributed by atoms with Crippen LogP contribution in [0.1, 0.15) is 35.0 Å². The molecule has 0 saturated carbocycles. The van der Waals surface area contributed by atoms with Gasteiger partial charge in [0, 0.05) is 11.0 Å². The number of hydrogen-bond acceptors (Lipinski definition) is 7. The number of carbonyl (C=O) groups excluding carboxylic acids is 1. The van der Waals surface area contributed by atoms with Gasteiger partial charge >= 0.3 is 0 Å². The first-order valence-electron chi connectivity index (χ1n) is 11.2. The van der Waals surface area contributed by atoms with E-state index in [9.17, 15) is 13.2 Å². The van der Waals surface area contributed by atoms with Gasteiger partial charge in [-0.25, -0.2) is 8.42 Å². The molecule has 0 spiro atoms. The first-order chi connectivity index (χ1) is 16.8. The van der Waals surface area contributed by atoms with E-state index in [4.69, 9.17) is 13.9 Å². The van der Waals surface area contributed by atoms with E-state index in [2.05, 4.69) is 26.1 Å². The molecule has 186 valence electrons. The maximum absolute atomic E-state index is 12.9. The normalized spacial score (nSPS) is 15.1. The zero-order chi connectivity index (χ0) is 25.0. The van der Waals surface area contributed by atoms with Crippen LogP contribution in [0.4, 0.5) is 0 Å². The summed E-state index contributed by atoms with van der Waals surface area (Å²) in [6, 6.07) is 14.6. The van der Waals surface area contributed by atoms with Crippen molar-refractivity contribution < 1.29 is 27.1 Å². The molecular weight excluding hydrogens is 536 g/mol. The smallest absolute Gasteiger partial charge is 0.287 e. The quantitative estimate of drug-likeness (QED) is 0.411. The molecule has 4 rings (SSSR count). The Bertz CT molecular complexity index is 1280. The molecule has 1 aliphatic heterocycles. The third kappa shape index (κ3) is 5.55. The molecule has 1 aliphatic rings. The number of amides is 1. The molecule has 3 aromatic rings. The minimum absolute atomic E-state index is 0.0619. The van der Waals surface area contributed by atoms with Crippen LogP contribution in [0.3, 0.4) is 0 Å². The summed E-state index contributed by atoms with van der Waals surface area (Å²) in [5, 5.41) is 2.63. The molecule has 1 unspecified atom stereocenters. The van der Waals surface area contributed by atoms with E-state index in [0.717, 1.165) is 36.0 Å². The molecule has 35 heavy (non-hydrogen) atoms. The molecule has 1 N–H and O–H groups in total. The van der Waals surface area contributed by atoms with Gasteiger partial charge in [0.25, 0.3) is 5.91 Å². The van der Waals surface area contributed by atoms with Crippen LogP contribution in [0.2, 0.25) is 0 Å². The fourth-order valence-corrected chi connectivity index (χ4v) is 5.60. The summed E-state index contributed by atoms with van der Waals surface area (Å²) in [4.78, 5) is 15.3. The van der Waals surface area contributed by atoms with Crippen molar-refractivity contribution in [2.24, 2.45) is 0 Å². The van der Waals surface area contributed by atoms with Crippen molar-refractivity contribution in [2.75, 3.05) is 33.9 Å². The van der Waals surface area contributed by atoms with E-state index in [1.807, 2.05) is 18.2 Å². The van der Waals surface area contributed by atoms with Crippen molar-refractivity contribution in [2.45, 2.75) is 28.9 Å². The van der Waals surface area contributed by atoms with E-state index in [-0.39, 0.29) is 21.8 Å². The van der Waals surface area contributed by atoms with E-state index >= 15 is 0 Å². The van der Waals surface area contributed by atoms with E-state index < -0.39 is 15.7 Å². The number of rotatable bonds is 9. The van der Waals surface area contributed by atoms with Gasteiger partial charge in [0.15, 0.2) is 17.3 Å². The standard InChI is InChI=1S/C25H27BrN2O6S/c1-32-21-10-5-17(15-23(21)33-2)20(28-13-3-4-14-28)16-27-25(29)22-11-12-24(34-22)35(30,31)19-8-6-18(26)7-9-19/h5-12,15,20H,3-4,13-14,16H2,1-2H3,(H,27,29). The number of methoxy groups -OCH3 is 2. The molecule has 2 heterocycles. The third-order valence-electron chi connectivity index (χ3n) is 6.02. The van der Waals surface area contributed by atoms with Gasteiger partial charge in [-0.15, -0.1) is 0 Å². The van der Waals surface area contributed by atoms with E-state index in [1.54, 1.807) is 26.4 Å². The average Bonchev–Trinajstić information content (AvgIpc) is 3.57. The summed E-state index contributed by atoms with van der Waals surface area (Å²) in [5.41, 5.74) is 0.989. The number of hydrogen-bond donors (Lipinski definition) is 1. The zero-order valence-electron chi connectivity index (χ0n) is 19.5. The second kappa shape index (κ2) is 10.8. The molecule has 1 saturated heterocycles. The Morgan fingerprint density at radius 2 is 1.71 bits per heavy atom. The SMILES string of the molecule is COc1ccc(C(CNC(=O)c2ccc(S(=O)(=O)c3ccc(Br)cc3)o2)N2CCCC2)cc1OC. The number of ether oxygens (including phenoxy) is 2. The largest absolute Gasteiger partial charge is 0.493 e. The van der Waals surface area contributed by atoms with Crippen molar-refractivity contribution in [3.63, 3.8) is 0 Å². The van der Waals surface area contributed by atoms with Gasteiger partial charge in [-0.3, -0.25) is 9.69 Å². The minimum Gasteiger partial charge on any atom is -0.493 e. The summed E-state index contributed by atoms with van der Waals surface area (Å²) in [6.07, 6.45) is 2.18. The predicted molar refractivity (Wildman–Crippen MR) is 134 cm³/mol. The van der Waals surface area contributed by atoms with Gasteiger partial charge < -0.3 is 19.2 Å². The van der Waals surface area contributed by atoms with Crippen molar-refractivity contribution >= 4 is 31.7 Å². The number of furan rings is 1. The lowest BCUT2D eigenvalue weighted by atomic mass is 10.0. The highest BCUT2D eigenvalue weighted by Gasteiger charge is 2.27. The number of halogens is 1. The maximum Gasteiger partial charge on any atom is 0.287 e. The highest BCUT2D eigenvalue weighted by atomic mass is 79.9. The summed E-state index contributed by atoms with van der Waals surface area (Å²) in [6.45, 7) is 2.17. The lowest BCUT2D eigenvalue weighted by Gasteiger charge is -2.28. The Morgan fingerprint density at radius 3 is 2.37 bits per heavy atom. The molecule has 0 radical (unpaired) electrons. The lowest BCUT2D eigenvalue weighted by molar-refractivity contribution is 0.0905. The van der Waals surface area contributed by atoms with Crippen LogP contribution in [-0.4, -0.2) is 53.1 Å². The zero-order valence-corrected chi connectivity index (χ0v) is 21.9. The first-order valence-corrected chi connectivity index (χ1v) is 13.5. The summed E-state index contributed by atoms with van der Waals surface area (Å²) < 4.78 is 42.7. The molecule has 10 heteroatoms. The fraction of sp³-hybridized carbons (Fsp3) is 0.320. The van der Waals surface area contributed by atoms with Gasteiger partial charge in [0.1, 0.15) is 0 Å². The van der Waals surface area contributed by atoms with Crippen LogP contribution >= 0.6 is 15.9 Å². The van der Waals surface area contributed by atoms with Gasteiger partial charge in [0.2, 0.25) is 14.9 Å². The monoisotopic (exact) mass is 562 g/mol. The number of likely N-dealkylation sites (tertiary alicyclic amines) is 1. The molecule has 1 fully saturated rings. The van der Waals surface area contributed by atoms with Crippen LogP contribution in [0.5, 0.6) is 11.5 Å². The van der Waals surface area contributed by atoms with Crippen LogP contribution < -0.4 is 14.8 Å². The summed E-state index contributed by atoms with van der Waals surface area (Å²) in [7, 11) is -0.696. The molecule has 2 aromatic carbocycles. The van der Waals surface area contributed by atoms with Gasteiger partial charge in [-0.1, -0.05) is 22.0 Å². The minimum atomic E-state index is -3.87. The number of carbonyl (C=O) groups is 1. The van der Waals surface area contributed by atoms with E-state index in [0.29, 0.717) is 18.0 Å². The summed E-state index contributed by atoms with van der Waals surface area (Å²) >= 11 is 3.29. The van der Waals surface area contributed by atoms with Crippen LogP contribution in [0.25, 0.3) is 0 Å². The lowest BCUT2D eigenvalue weighted by Crippen LogP contribution is -2.36. The predicted octanol–water partition coefficient (Wildman–Crippen LogP) is 4.46. The molecule has 0 aliphatic carbocycles. The second-order valence-electron chi connectivity index (χ2n) is 8.16. The van der Waals surface area contributed by atoms with Crippen molar-refractivity contribution in [1.82, 2.24) is 10.2 Å². The number of nitrogens with one attached hydrogen (secondary N) is 1. The van der Waals surface area contributed by atoms with Crippen molar-refractivity contribution in [3.05, 3.63) is 70.4 Å².